The van der Waals surface area contributed by atoms with Gasteiger partial charge in [-0.05, 0) is 54.7 Å². The first-order chi connectivity index (χ1) is 7.33. The topological polar surface area (TPSA) is 29.3 Å². The van der Waals surface area contributed by atoms with Gasteiger partial charge >= 0.3 is 0 Å². The summed E-state index contributed by atoms with van der Waals surface area (Å²) in [5, 5.41) is 4.40. The van der Waals surface area contributed by atoms with Crippen molar-refractivity contribution in [3.63, 3.8) is 0 Å². The number of hydrogen-bond donors (Lipinski definition) is 1. The van der Waals surface area contributed by atoms with E-state index in [1.165, 1.54) is 31.5 Å². The molecule has 2 heterocycles. The Hall–Kier alpha value is -0.380. The summed E-state index contributed by atoms with van der Waals surface area (Å²) < 4.78 is 0. The van der Waals surface area contributed by atoms with Gasteiger partial charge in [0.1, 0.15) is 0 Å². The van der Waals surface area contributed by atoms with Gasteiger partial charge in [-0.3, -0.25) is 4.90 Å². The Morgan fingerprint density at radius 3 is 2.73 bits per heavy atom. The van der Waals surface area contributed by atoms with Crippen molar-refractivity contribution in [2.75, 3.05) is 13.1 Å². The summed E-state index contributed by atoms with van der Waals surface area (Å²) in [6.45, 7) is 4.61. The standard InChI is InChI=1S/C12H20N2S/c1-2-11(13)12(10-5-8-15-9-10)14-6-3-4-7-14/h5,8-9,11-12H,2-4,6-7,13H2,1H3. The van der Waals surface area contributed by atoms with Gasteiger partial charge in [0.2, 0.25) is 0 Å². The molecule has 1 aromatic heterocycles. The van der Waals surface area contributed by atoms with Crippen LogP contribution in [0.2, 0.25) is 0 Å². The van der Waals surface area contributed by atoms with Crippen LogP contribution in [0.1, 0.15) is 37.8 Å². The molecule has 0 saturated carbocycles. The van der Waals surface area contributed by atoms with E-state index < -0.39 is 0 Å². The van der Waals surface area contributed by atoms with Crippen molar-refractivity contribution < 1.29 is 0 Å². The predicted octanol–water partition coefficient (Wildman–Crippen LogP) is 2.62. The number of likely N-dealkylation sites (tertiary alicyclic amines) is 1. The molecule has 15 heavy (non-hydrogen) atoms. The van der Waals surface area contributed by atoms with Crippen LogP contribution in [-0.4, -0.2) is 24.0 Å². The second-order valence-corrected chi connectivity index (χ2v) is 5.10. The number of thiophene rings is 1. The van der Waals surface area contributed by atoms with Crippen molar-refractivity contribution in [2.24, 2.45) is 5.73 Å². The molecule has 0 amide bonds. The summed E-state index contributed by atoms with van der Waals surface area (Å²) in [7, 11) is 0. The van der Waals surface area contributed by atoms with Crippen molar-refractivity contribution >= 4 is 11.3 Å². The van der Waals surface area contributed by atoms with E-state index in [1.807, 2.05) is 0 Å². The summed E-state index contributed by atoms with van der Waals surface area (Å²) in [5.41, 5.74) is 7.66. The lowest BCUT2D eigenvalue weighted by atomic mass is 9.99. The van der Waals surface area contributed by atoms with Gasteiger partial charge in [-0.1, -0.05) is 6.92 Å². The molecule has 0 aromatic carbocycles. The summed E-state index contributed by atoms with van der Waals surface area (Å²) in [5.74, 6) is 0. The van der Waals surface area contributed by atoms with Crippen LogP contribution in [-0.2, 0) is 0 Å². The van der Waals surface area contributed by atoms with Crippen LogP contribution in [0.3, 0.4) is 0 Å². The highest BCUT2D eigenvalue weighted by molar-refractivity contribution is 7.07. The van der Waals surface area contributed by atoms with E-state index in [0.29, 0.717) is 6.04 Å². The maximum atomic E-state index is 6.25. The third-order valence-electron chi connectivity index (χ3n) is 3.30. The quantitative estimate of drug-likeness (QED) is 0.852. The van der Waals surface area contributed by atoms with E-state index in [4.69, 9.17) is 5.73 Å². The maximum absolute atomic E-state index is 6.25. The highest BCUT2D eigenvalue weighted by Crippen LogP contribution is 2.29. The van der Waals surface area contributed by atoms with E-state index in [2.05, 4.69) is 28.7 Å². The monoisotopic (exact) mass is 224 g/mol. The highest BCUT2D eigenvalue weighted by Gasteiger charge is 2.27. The summed E-state index contributed by atoms with van der Waals surface area (Å²) in [4.78, 5) is 2.55. The number of rotatable bonds is 4. The Kier molecular flexibility index (Phi) is 3.78. The fourth-order valence-corrected chi connectivity index (χ4v) is 3.10. The first-order valence-electron chi connectivity index (χ1n) is 5.84. The van der Waals surface area contributed by atoms with Gasteiger partial charge in [0.05, 0.1) is 6.04 Å². The predicted molar refractivity (Wildman–Crippen MR) is 66.1 cm³/mol. The Balaban J connectivity index is 2.15. The molecule has 2 unspecified atom stereocenters. The average Bonchev–Trinajstić information content (AvgIpc) is 2.90. The Morgan fingerprint density at radius 2 is 2.20 bits per heavy atom. The fourth-order valence-electron chi connectivity index (χ4n) is 2.42. The lowest BCUT2D eigenvalue weighted by molar-refractivity contribution is 0.210. The minimum absolute atomic E-state index is 0.276. The second-order valence-electron chi connectivity index (χ2n) is 4.32. The largest absolute Gasteiger partial charge is 0.326 e. The first kappa shape index (κ1) is 11.1. The summed E-state index contributed by atoms with van der Waals surface area (Å²) in [6, 6.07) is 2.95. The lowest BCUT2D eigenvalue weighted by Gasteiger charge is -2.31. The van der Waals surface area contributed by atoms with Gasteiger partial charge in [0.15, 0.2) is 0 Å². The van der Waals surface area contributed by atoms with Crippen LogP contribution in [0.15, 0.2) is 16.8 Å². The molecule has 3 heteroatoms. The van der Waals surface area contributed by atoms with Crippen LogP contribution in [0.25, 0.3) is 0 Å². The van der Waals surface area contributed by atoms with E-state index in [1.54, 1.807) is 11.3 Å². The molecular formula is C12H20N2S. The Bertz CT molecular complexity index is 278. The number of nitrogens with zero attached hydrogens (tertiary/aromatic N) is 1. The van der Waals surface area contributed by atoms with Gasteiger partial charge in [-0.15, -0.1) is 0 Å². The molecule has 2 atom stereocenters. The zero-order valence-electron chi connectivity index (χ0n) is 9.36. The smallest absolute Gasteiger partial charge is 0.0507 e. The van der Waals surface area contributed by atoms with Gasteiger partial charge < -0.3 is 5.73 Å². The third-order valence-corrected chi connectivity index (χ3v) is 4.00. The molecule has 2 nitrogen and oxygen atoms in total. The molecule has 0 radical (unpaired) electrons. The van der Waals surface area contributed by atoms with Crippen LogP contribution >= 0.6 is 11.3 Å². The van der Waals surface area contributed by atoms with Gasteiger partial charge in [0.25, 0.3) is 0 Å². The van der Waals surface area contributed by atoms with Crippen molar-refractivity contribution in [2.45, 2.75) is 38.3 Å². The maximum Gasteiger partial charge on any atom is 0.0507 e. The molecule has 84 valence electrons. The fraction of sp³-hybridized carbons (Fsp3) is 0.667. The second kappa shape index (κ2) is 5.10. The van der Waals surface area contributed by atoms with E-state index >= 15 is 0 Å². The van der Waals surface area contributed by atoms with E-state index in [-0.39, 0.29) is 6.04 Å². The normalized spacial score (nSPS) is 21.7. The number of nitrogens with two attached hydrogens (primary N) is 1. The third kappa shape index (κ3) is 2.41. The van der Waals surface area contributed by atoms with Gasteiger partial charge in [-0.2, -0.15) is 11.3 Å². The van der Waals surface area contributed by atoms with E-state index in [0.717, 1.165) is 6.42 Å². The molecular weight excluding hydrogens is 204 g/mol. The first-order valence-corrected chi connectivity index (χ1v) is 6.79. The van der Waals surface area contributed by atoms with Gasteiger partial charge in [0, 0.05) is 6.04 Å². The molecule has 1 saturated heterocycles. The number of hydrogen-bond acceptors (Lipinski definition) is 3. The van der Waals surface area contributed by atoms with Crippen molar-refractivity contribution in [3.05, 3.63) is 22.4 Å². The molecule has 0 aliphatic carbocycles. The zero-order valence-corrected chi connectivity index (χ0v) is 10.2. The molecule has 0 bridgehead atoms. The van der Waals surface area contributed by atoms with Crippen molar-refractivity contribution in [1.29, 1.82) is 0 Å². The van der Waals surface area contributed by atoms with Crippen LogP contribution in [0.4, 0.5) is 0 Å². The SMILES string of the molecule is CCC(N)C(c1ccsc1)N1CCCC1. The summed E-state index contributed by atoms with van der Waals surface area (Å²) >= 11 is 1.77. The lowest BCUT2D eigenvalue weighted by Crippen LogP contribution is -2.39. The van der Waals surface area contributed by atoms with Crippen LogP contribution in [0, 0.1) is 0 Å². The zero-order chi connectivity index (χ0) is 10.7. The molecule has 2 rings (SSSR count). The highest BCUT2D eigenvalue weighted by atomic mass is 32.1. The Labute approximate surface area is 96.1 Å². The molecule has 1 fully saturated rings. The molecule has 1 aliphatic rings. The van der Waals surface area contributed by atoms with Crippen LogP contribution < -0.4 is 5.73 Å². The molecule has 2 N–H and O–H groups in total. The van der Waals surface area contributed by atoms with Crippen molar-refractivity contribution in [3.8, 4) is 0 Å². The van der Waals surface area contributed by atoms with Crippen molar-refractivity contribution in [1.82, 2.24) is 4.90 Å². The van der Waals surface area contributed by atoms with Gasteiger partial charge in [-0.25, -0.2) is 0 Å². The summed E-state index contributed by atoms with van der Waals surface area (Å²) in [6.07, 6.45) is 3.71. The molecule has 0 spiro atoms. The van der Waals surface area contributed by atoms with E-state index in [9.17, 15) is 0 Å². The molecule has 1 aromatic rings. The minimum atomic E-state index is 0.276. The Morgan fingerprint density at radius 1 is 1.47 bits per heavy atom. The van der Waals surface area contributed by atoms with Crippen LogP contribution in [0.5, 0.6) is 0 Å². The average molecular weight is 224 g/mol. The molecule has 1 aliphatic heterocycles. The minimum Gasteiger partial charge on any atom is -0.326 e.